The van der Waals surface area contributed by atoms with E-state index in [4.69, 9.17) is 27.7 Å². The highest BCUT2D eigenvalue weighted by molar-refractivity contribution is 6.35. The Morgan fingerprint density at radius 2 is 1.79 bits per heavy atom. The molecule has 1 amide bonds. The third kappa shape index (κ3) is 4.36. The highest BCUT2D eigenvalue weighted by Gasteiger charge is 2.24. The van der Waals surface area contributed by atoms with Crippen molar-refractivity contribution >= 4 is 35.1 Å². The molecule has 0 saturated carbocycles. The third-order valence-electron chi connectivity index (χ3n) is 4.69. The zero-order valence-electron chi connectivity index (χ0n) is 15.3. The maximum atomic E-state index is 13.9. The molecular weight excluding hydrogens is 418 g/mol. The molecule has 1 fully saturated rings. The molecule has 0 radical (unpaired) electrons. The SMILES string of the molecule is O=C(c1ccccc1F)N1CCCN(c2nc(-c3cc(Cl)cc(Cl)c3)no2)CC1. The van der Waals surface area contributed by atoms with Gasteiger partial charge in [-0.3, -0.25) is 4.79 Å². The number of carbonyl (C=O) groups excluding carboxylic acids is 1. The highest BCUT2D eigenvalue weighted by Crippen LogP contribution is 2.27. The van der Waals surface area contributed by atoms with Gasteiger partial charge in [-0.2, -0.15) is 4.98 Å². The van der Waals surface area contributed by atoms with Crippen molar-refractivity contribution in [3.8, 4) is 11.4 Å². The average molecular weight is 435 g/mol. The topological polar surface area (TPSA) is 62.5 Å². The largest absolute Gasteiger partial charge is 0.337 e. The van der Waals surface area contributed by atoms with Crippen molar-refractivity contribution in [1.29, 1.82) is 0 Å². The summed E-state index contributed by atoms with van der Waals surface area (Å²) in [6.07, 6.45) is 0.695. The van der Waals surface area contributed by atoms with Gasteiger partial charge in [-0.15, -0.1) is 0 Å². The van der Waals surface area contributed by atoms with Crippen molar-refractivity contribution in [3.63, 3.8) is 0 Å². The van der Waals surface area contributed by atoms with Crippen molar-refractivity contribution in [2.75, 3.05) is 31.1 Å². The molecule has 4 rings (SSSR count). The first kappa shape index (κ1) is 19.7. The quantitative estimate of drug-likeness (QED) is 0.605. The minimum absolute atomic E-state index is 0.0823. The Kier molecular flexibility index (Phi) is 5.69. The number of hydrogen-bond donors (Lipinski definition) is 0. The lowest BCUT2D eigenvalue weighted by atomic mass is 10.2. The highest BCUT2D eigenvalue weighted by atomic mass is 35.5. The number of hydrogen-bond acceptors (Lipinski definition) is 5. The predicted molar refractivity (Wildman–Crippen MR) is 109 cm³/mol. The van der Waals surface area contributed by atoms with Crippen molar-refractivity contribution in [2.24, 2.45) is 0 Å². The molecule has 1 aromatic heterocycles. The lowest BCUT2D eigenvalue weighted by molar-refractivity contribution is 0.0762. The van der Waals surface area contributed by atoms with E-state index in [0.717, 1.165) is 0 Å². The number of benzene rings is 2. The van der Waals surface area contributed by atoms with Crippen LogP contribution in [0.15, 0.2) is 47.0 Å². The van der Waals surface area contributed by atoms with Gasteiger partial charge in [0.1, 0.15) is 5.82 Å². The molecule has 1 saturated heterocycles. The molecule has 150 valence electrons. The molecule has 0 spiro atoms. The lowest BCUT2D eigenvalue weighted by Crippen LogP contribution is -2.35. The summed E-state index contributed by atoms with van der Waals surface area (Å²) in [5.41, 5.74) is 0.738. The van der Waals surface area contributed by atoms with Crippen LogP contribution in [0.5, 0.6) is 0 Å². The summed E-state index contributed by atoms with van der Waals surface area (Å²) in [7, 11) is 0. The fraction of sp³-hybridized carbons (Fsp3) is 0.250. The van der Waals surface area contributed by atoms with Crippen LogP contribution in [0.2, 0.25) is 10.0 Å². The van der Waals surface area contributed by atoms with Gasteiger partial charge in [0.25, 0.3) is 5.91 Å². The molecule has 1 aliphatic rings. The number of halogens is 3. The summed E-state index contributed by atoms with van der Waals surface area (Å²) in [6.45, 7) is 2.08. The Morgan fingerprint density at radius 3 is 2.55 bits per heavy atom. The summed E-state index contributed by atoms with van der Waals surface area (Å²) in [6, 6.07) is 11.4. The van der Waals surface area contributed by atoms with Crippen LogP contribution in [-0.4, -0.2) is 47.1 Å². The van der Waals surface area contributed by atoms with Gasteiger partial charge in [0.05, 0.1) is 5.56 Å². The maximum absolute atomic E-state index is 13.9. The summed E-state index contributed by atoms with van der Waals surface area (Å²) in [4.78, 5) is 20.7. The van der Waals surface area contributed by atoms with E-state index in [-0.39, 0.29) is 11.5 Å². The number of carbonyl (C=O) groups is 1. The van der Waals surface area contributed by atoms with E-state index in [1.54, 1.807) is 35.2 Å². The van der Waals surface area contributed by atoms with E-state index < -0.39 is 5.82 Å². The van der Waals surface area contributed by atoms with Gasteiger partial charge in [0.15, 0.2) is 0 Å². The number of rotatable bonds is 3. The van der Waals surface area contributed by atoms with Crippen LogP contribution in [0.3, 0.4) is 0 Å². The second kappa shape index (κ2) is 8.39. The molecule has 6 nitrogen and oxygen atoms in total. The number of aromatic nitrogens is 2. The standard InChI is InChI=1S/C20H17Cl2FN4O2/c21-14-10-13(11-15(22)12-14)18-24-20(29-25-18)27-7-3-6-26(8-9-27)19(28)16-4-1-2-5-17(16)23/h1-2,4-5,10-12H,3,6-9H2. The van der Waals surface area contributed by atoms with E-state index in [9.17, 15) is 9.18 Å². The summed E-state index contributed by atoms with van der Waals surface area (Å²) < 4.78 is 19.4. The van der Waals surface area contributed by atoms with Crippen molar-refractivity contribution < 1.29 is 13.7 Å². The van der Waals surface area contributed by atoms with Crippen molar-refractivity contribution in [2.45, 2.75) is 6.42 Å². The fourth-order valence-electron chi connectivity index (χ4n) is 3.26. The van der Waals surface area contributed by atoms with E-state index in [0.29, 0.717) is 60.0 Å². The van der Waals surface area contributed by atoms with E-state index in [1.165, 1.54) is 12.1 Å². The van der Waals surface area contributed by atoms with Gasteiger partial charge < -0.3 is 14.3 Å². The molecule has 3 aromatic rings. The van der Waals surface area contributed by atoms with E-state index in [1.807, 2.05) is 4.90 Å². The Balaban J connectivity index is 1.47. The first-order chi connectivity index (χ1) is 14.0. The van der Waals surface area contributed by atoms with Crippen molar-refractivity contribution in [3.05, 3.63) is 63.9 Å². The average Bonchev–Trinajstić information content (AvgIpc) is 3.05. The third-order valence-corrected chi connectivity index (χ3v) is 5.13. The summed E-state index contributed by atoms with van der Waals surface area (Å²) in [5, 5.41) is 4.98. The van der Waals surface area contributed by atoms with Gasteiger partial charge in [0.2, 0.25) is 5.82 Å². The molecule has 0 bridgehead atoms. The van der Waals surface area contributed by atoms with Crippen LogP contribution in [0.4, 0.5) is 10.4 Å². The first-order valence-corrected chi connectivity index (χ1v) is 9.86. The van der Waals surface area contributed by atoms with Gasteiger partial charge in [0, 0.05) is 41.8 Å². The van der Waals surface area contributed by atoms with E-state index in [2.05, 4.69) is 10.1 Å². The van der Waals surface area contributed by atoms with Crippen LogP contribution >= 0.6 is 23.2 Å². The Bertz CT molecular complexity index is 1020. The molecule has 2 aromatic carbocycles. The van der Waals surface area contributed by atoms with Crippen LogP contribution in [0.1, 0.15) is 16.8 Å². The van der Waals surface area contributed by atoms with Gasteiger partial charge in [-0.25, -0.2) is 4.39 Å². The number of anilines is 1. The van der Waals surface area contributed by atoms with Crippen LogP contribution < -0.4 is 4.90 Å². The summed E-state index contributed by atoms with van der Waals surface area (Å²) >= 11 is 12.1. The fourth-order valence-corrected chi connectivity index (χ4v) is 3.79. The van der Waals surface area contributed by atoms with Crippen molar-refractivity contribution in [1.82, 2.24) is 15.0 Å². The summed E-state index contributed by atoms with van der Waals surface area (Å²) in [5.74, 6) is -0.446. The lowest BCUT2D eigenvalue weighted by Gasteiger charge is -2.21. The molecule has 0 aliphatic carbocycles. The van der Waals surface area contributed by atoms with Gasteiger partial charge in [-0.05, 0) is 36.8 Å². The minimum Gasteiger partial charge on any atom is -0.337 e. The zero-order chi connectivity index (χ0) is 20.4. The Hall–Kier alpha value is -2.64. The Labute approximate surface area is 176 Å². The number of amides is 1. The molecular formula is C20H17Cl2FN4O2. The van der Waals surface area contributed by atoms with Crippen LogP contribution in [0.25, 0.3) is 11.4 Å². The van der Waals surface area contributed by atoms with Crippen LogP contribution in [-0.2, 0) is 0 Å². The normalized spacial score (nSPS) is 14.7. The zero-order valence-corrected chi connectivity index (χ0v) is 16.8. The first-order valence-electron chi connectivity index (χ1n) is 9.10. The van der Waals surface area contributed by atoms with E-state index >= 15 is 0 Å². The molecule has 9 heteroatoms. The predicted octanol–water partition coefficient (Wildman–Crippen LogP) is 4.54. The molecule has 0 atom stereocenters. The monoisotopic (exact) mass is 434 g/mol. The molecule has 0 N–H and O–H groups in total. The minimum atomic E-state index is -0.514. The van der Waals surface area contributed by atoms with Crippen LogP contribution in [0, 0.1) is 5.82 Å². The maximum Gasteiger partial charge on any atom is 0.324 e. The second-order valence-electron chi connectivity index (χ2n) is 6.67. The number of nitrogens with zero attached hydrogens (tertiary/aromatic N) is 4. The van der Waals surface area contributed by atoms with Gasteiger partial charge >= 0.3 is 6.01 Å². The molecule has 0 unspecified atom stereocenters. The second-order valence-corrected chi connectivity index (χ2v) is 7.54. The molecule has 29 heavy (non-hydrogen) atoms. The van der Waals surface area contributed by atoms with Gasteiger partial charge in [-0.1, -0.05) is 40.5 Å². The smallest absolute Gasteiger partial charge is 0.324 e. The molecule has 1 aliphatic heterocycles. The Morgan fingerprint density at radius 1 is 1.03 bits per heavy atom. The molecule has 2 heterocycles.